The number of carbonyl (C=O) groups is 2. The highest BCUT2D eigenvalue weighted by Gasteiger charge is 2.30. The van der Waals surface area contributed by atoms with Crippen LogP contribution in [0.2, 0.25) is 0 Å². The van der Waals surface area contributed by atoms with Crippen LogP contribution in [0.25, 0.3) is 0 Å². The van der Waals surface area contributed by atoms with Gasteiger partial charge >= 0.3 is 5.97 Å². The number of nitrogens with zero attached hydrogens (tertiary/aromatic N) is 1. The molecule has 0 aromatic carbocycles. The van der Waals surface area contributed by atoms with Gasteiger partial charge in [-0.25, -0.2) is 4.79 Å². The lowest BCUT2D eigenvalue weighted by atomic mass is 10.1. The third-order valence-electron chi connectivity index (χ3n) is 3.42. The normalized spacial score (nSPS) is 15.9. The molecule has 0 aliphatic heterocycles. The van der Waals surface area contributed by atoms with E-state index in [0.717, 1.165) is 31.2 Å². The Hall–Kier alpha value is -1.36. The molecule has 2 rings (SSSR count). The fourth-order valence-corrected chi connectivity index (χ4v) is 3.76. The molecular formula is C13H17NO3S. The quantitative estimate of drug-likeness (QED) is 0.915. The summed E-state index contributed by atoms with van der Waals surface area (Å²) >= 11 is 1.35. The number of hydrogen-bond acceptors (Lipinski definition) is 3. The number of rotatable bonds is 3. The number of anilines is 1. The van der Waals surface area contributed by atoms with E-state index in [0.29, 0.717) is 5.00 Å². The highest BCUT2D eigenvalue weighted by molar-refractivity contribution is 7.15. The average molecular weight is 267 g/mol. The smallest absolute Gasteiger partial charge is 0.338 e. The van der Waals surface area contributed by atoms with E-state index < -0.39 is 5.97 Å². The lowest BCUT2D eigenvalue weighted by Crippen LogP contribution is -2.37. The highest BCUT2D eigenvalue weighted by atomic mass is 32.1. The van der Waals surface area contributed by atoms with Gasteiger partial charge in [0.1, 0.15) is 5.00 Å². The van der Waals surface area contributed by atoms with E-state index in [1.807, 2.05) is 5.38 Å². The maximum Gasteiger partial charge on any atom is 0.338 e. The van der Waals surface area contributed by atoms with Crippen LogP contribution in [0.5, 0.6) is 0 Å². The third-order valence-corrected chi connectivity index (χ3v) is 4.51. The molecule has 1 aliphatic rings. The molecule has 1 aromatic rings. The van der Waals surface area contributed by atoms with Gasteiger partial charge in [-0.1, -0.05) is 12.8 Å². The van der Waals surface area contributed by atoms with Gasteiger partial charge in [-0.3, -0.25) is 4.79 Å². The Labute approximate surface area is 110 Å². The summed E-state index contributed by atoms with van der Waals surface area (Å²) < 4.78 is 0. The molecule has 0 atom stereocenters. The highest BCUT2D eigenvalue weighted by Crippen LogP contribution is 2.36. The number of carbonyl (C=O) groups excluding carboxylic acids is 1. The molecule has 4 nitrogen and oxygen atoms in total. The first-order valence-corrected chi connectivity index (χ1v) is 7.01. The molecule has 0 unspecified atom stereocenters. The van der Waals surface area contributed by atoms with Gasteiger partial charge in [0.15, 0.2) is 0 Å². The van der Waals surface area contributed by atoms with E-state index in [1.165, 1.54) is 18.3 Å². The van der Waals surface area contributed by atoms with Crippen molar-refractivity contribution in [3.05, 3.63) is 16.5 Å². The Kier molecular flexibility index (Phi) is 3.71. The number of hydrogen-bond donors (Lipinski definition) is 1. The molecule has 1 fully saturated rings. The van der Waals surface area contributed by atoms with E-state index in [2.05, 4.69) is 0 Å². The lowest BCUT2D eigenvalue weighted by Gasteiger charge is -2.27. The molecule has 5 heteroatoms. The zero-order chi connectivity index (χ0) is 13.3. The summed E-state index contributed by atoms with van der Waals surface area (Å²) in [5, 5.41) is 11.7. The second-order valence-electron chi connectivity index (χ2n) is 4.73. The lowest BCUT2D eigenvalue weighted by molar-refractivity contribution is -0.117. The second kappa shape index (κ2) is 5.10. The zero-order valence-corrected chi connectivity index (χ0v) is 11.4. The number of aromatic carboxylic acids is 1. The van der Waals surface area contributed by atoms with Crippen molar-refractivity contribution in [3.63, 3.8) is 0 Å². The Morgan fingerprint density at radius 1 is 1.39 bits per heavy atom. The maximum absolute atomic E-state index is 11.9. The van der Waals surface area contributed by atoms with Crippen molar-refractivity contribution in [1.29, 1.82) is 0 Å². The summed E-state index contributed by atoms with van der Waals surface area (Å²) in [6.45, 7) is 3.29. The van der Waals surface area contributed by atoms with Crippen LogP contribution in [-0.4, -0.2) is 23.0 Å². The molecular weight excluding hydrogens is 250 g/mol. The number of amides is 1. The molecule has 0 radical (unpaired) electrons. The van der Waals surface area contributed by atoms with Crippen molar-refractivity contribution in [2.45, 2.75) is 45.6 Å². The van der Waals surface area contributed by atoms with Crippen LogP contribution in [0.15, 0.2) is 5.38 Å². The summed E-state index contributed by atoms with van der Waals surface area (Å²) in [7, 11) is 0. The Balaban J connectivity index is 2.42. The van der Waals surface area contributed by atoms with Crippen molar-refractivity contribution in [3.8, 4) is 0 Å². The van der Waals surface area contributed by atoms with E-state index in [9.17, 15) is 14.7 Å². The fourth-order valence-electron chi connectivity index (χ4n) is 2.60. The van der Waals surface area contributed by atoms with Gasteiger partial charge in [0, 0.05) is 13.0 Å². The summed E-state index contributed by atoms with van der Waals surface area (Å²) in [5.41, 5.74) is 1.01. The van der Waals surface area contributed by atoms with E-state index >= 15 is 0 Å². The summed E-state index contributed by atoms with van der Waals surface area (Å²) in [4.78, 5) is 24.9. The minimum absolute atomic E-state index is 0.0637. The topological polar surface area (TPSA) is 57.6 Å². The minimum Gasteiger partial charge on any atom is -0.478 e. The van der Waals surface area contributed by atoms with Gasteiger partial charge in [0.2, 0.25) is 5.91 Å². The molecule has 1 N–H and O–H groups in total. The van der Waals surface area contributed by atoms with Gasteiger partial charge in [-0.05, 0) is 30.7 Å². The van der Waals surface area contributed by atoms with Crippen LogP contribution in [-0.2, 0) is 4.79 Å². The van der Waals surface area contributed by atoms with Crippen molar-refractivity contribution in [1.82, 2.24) is 0 Å². The predicted octanol–water partition coefficient (Wildman–Crippen LogP) is 3.05. The molecule has 0 bridgehead atoms. The van der Waals surface area contributed by atoms with Crippen molar-refractivity contribution in [2.24, 2.45) is 0 Å². The largest absolute Gasteiger partial charge is 0.478 e. The third kappa shape index (κ3) is 2.27. The van der Waals surface area contributed by atoms with Crippen LogP contribution >= 0.6 is 11.3 Å². The van der Waals surface area contributed by atoms with E-state index in [-0.39, 0.29) is 17.5 Å². The first-order valence-electron chi connectivity index (χ1n) is 6.13. The second-order valence-corrected chi connectivity index (χ2v) is 5.59. The minimum atomic E-state index is -0.951. The van der Waals surface area contributed by atoms with Gasteiger partial charge in [0.25, 0.3) is 0 Å². The number of thiophene rings is 1. The molecule has 1 amide bonds. The van der Waals surface area contributed by atoms with Crippen molar-refractivity contribution in [2.75, 3.05) is 4.90 Å². The fraction of sp³-hybridized carbons (Fsp3) is 0.538. The van der Waals surface area contributed by atoms with Crippen molar-refractivity contribution >= 4 is 28.2 Å². The molecule has 1 heterocycles. The van der Waals surface area contributed by atoms with Crippen LogP contribution in [0, 0.1) is 6.92 Å². The molecule has 1 aromatic heterocycles. The standard InChI is InChI=1S/C13H17NO3S/c1-8-7-18-12(11(8)13(16)17)14(9(2)15)10-5-3-4-6-10/h7,10H,3-6H2,1-2H3,(H,16,17). The molecule has 0 saturated heterocycles. The average Bonchev–Trinajstić information content (AvgIpc) is 2.88. The van der Waals surface area contributed by atoms with Crippen LogP contribution in [0.1, 0.15) is 48.5 Å². The predicted molar refractivity (Wildman–Crippen MR) is 71.4 cm³/mol. The molecule has 1 aliphatic carbocycles. The SMILES string of the molecule is CC(=O)N(c1scc(C)c1C(=O)O)C1CCCC1. The first kappa shape index (κ1) is 13.1. The van der Waals surface area contributed by atoms with E-state index in [1.54, 1.807) is 11.8 Å². The molecule has 18 heavy (non-hydrogen) atoms. The Morgan fingerprint density at radius 3 is 2.50 bits per heavy atom. The Morgan fingerprint density at radius 2 is 2.00 bits per heavy atom. The van der Waals surface area contributed by atoms with Gasteiger partial charge in [-0.2, -0.15) is 0 Å². The number of carboxylic acids is 1. The van der Waals surface area contributed by atoms with Gasteiger partial charge < -0.3 is 10.0 Å². The summed E-state index contributed by atoms with van der Waals surface area (Å²) in [6, 6.07) is 0.165. The van der Waals surface area contributed by atoms with Gasteiger partial charge in [-0.15, -0.1) is 11.3 Å². The maximum atomic E-state index is 11.9. The number of aryl methyl sites for hydroxylation is 1. The van der Waals surface area contributed by atoms with Crippen LogP contribution in [0.4, 0.5) is 5.00 Å². The van der Waals surface area contributed by atoms with Crippen LogP contribution < -0.4 is 4.90 Å². The van der Waals surface area contributed by atoms with Crippen LogP contribution in [0.3, 0.4) is 0 Å². The molecule has 1 saturated carbocycles. The Bertz CT molecular complexity index is 475. The molecule has 98 valence electrons. The van der Waals surface area contributed by atoms with Crippen molar-refractivity contribution < 1.29 is 14.7 Å². The summed E-state index contributed by atoms with van der Waals surface area (Å²) in [6.07, 6.45) is 4.16. The monoisotopic (exact) mass is 267 g/mol. The van der Waals surface area contributed by atoms with E-state index in [4.69, 9.17) is 0 Å². The molecule has 0 spiro atoms. The first-order chi connectivity index (χ1) is 8.52. The zero-order valence-electron chi connectivity index (χ0n) is 10.6. The number of carboxylic acid groups (broad SMARTS) is 1. The van der Waals surface area contributed by atoms with Gasteiger partial charge in [0.05, 0.1) is 5.56 Å². The summed E-state index contributed by atoms with van der Waals surface area (Å²) in [5.74, 6) is -1.01.